The lowest BCUT2D eigenvalue weighted by Gasteiger charge is -2.24. The van der Waals surface area contributed by atoms with Gasteiger partial charge in [0.1, 0.15) is 5.82 Å². The molecule has 29 heavy (non-hydrogen) atoms. The van der Waals surface area contributed by atoms with Gasteiger partial charge >= 0.3 is 0 Å². The molecule has 0 saturated carbocycles. The molecule has 0 N–H and O–H groups in total. The van der Waals surface area contributed by atoms with Gasteiger partial charge in [0.2, 0.25) is 5.91 Å². The van der Waals surface area contributed by atoms with Gasteiger partial charge in [-0.1, -0.05) is 0 Å². The quantitative estimate of drug-likeness (QED) is 0.654. The highest BCUT2D eigenvalue weighted by atomic mass is 32.1. The van der Waals surface area contributed by atoms with E-state index >= 15 is 0 Å². The largest absolute Gasteiger partial charge is 0.354 e. The van der Waals surface area contributed by atoms with E-state index in [-0.39, 0.29) is 5.91 Å². The molecule has 2 fully saturated rings. The molecule has 0 unspecified atom stereocenters. The van der Waals surface area contributed by atoms with Gasteiger partial charge in [0.05, 0.1) is 6.54 Å². The topological polar surface area (TPSA) is 69.9 Å². The molecule has 152 valence electrons. The minimum absolute atomic E-state index is 0.278. The van der Waals surface area contributed by atoms with Crippen molar-refractivity contribution < 1.29 is 4.79 Å². The number of thiophene rings is 1. The normalized spacial score (nSPS) is 18.5. The van der Waals surface area contributed by atoms with E-state index in [2.05, 4.69) is 25.4 Å². The number of aromatic nitrogens is 4. The fourth-order valence-electron chi connectivity index (χ4n) is 4.14. The minimum Gasteiger partial charge on any atom is -0.354 e. The Kier molecular flexibility index (Phi) is 5.15. The number of anilines is 1. The van der Waals surface area contributed by atoms with Crippen molar-refractivity contribution in [3.05, 3.63) is 29.0 Å². The van der Waals surface area contributed by atoms with E-state index in [1.807, 2.05) is 33.0 Å². The fourth-order valence-corrected chi connectivity index (χ4v) is 4.77. The Morgan fingerprint density at radius 3 is 2.69 bits per heavy atom. The minimum atomic E-state index is 0.278. The molecule has 1 amide bonds. The summed E-state index contributed by atoms with van der Waals surface area (Å²) < 4.78 is 1.83. The van der Waals surface area contributed by atoms with Crippen LogP contribution < -0.4 is 4.90 Å². The lowest BCUT2D eigenvalue weighted by atomic mass is 10.3. The molecule has 0 aromatic carbocycles. The Hall–Kier alpha value is -2.52. The van der Waals surface area contributed by atoms with E-state index in [0.717, 1.165) is 81.4 Å². The van der Waals surface area contributed by atoms with Crippen LogP contribution in [-0.4, -0.2) is 81.3 Å². The predicted octanol–water partition coefficient (Wildman–Crippen LogP) is 1.99. The smallest absolute Gasteiger partial charge is 0.236 e. The van der Waals surface area contributed by atoms with Gasteiger partial charge in [-0.2, -0.15) is 15.9 Å². The Labute approximate surface area is 173 Å². The van der Waals surface area contributed by atoms with Gasteiger partial charge in [-0.05, 0) is 42.8 Å². The van der Waals surface area contributed by atoms with Crippen molar-refractivity contribution in [1.29, 1.82) is 0 Å². The molecule has 0 spiro atoms. The molecule has 2 aliphatic rings. The SMILES string of the molecule is O=C(CN1CCCN(c2ccc3nnc(-c4ccsc4)n3n2)CC1)N1CCCC1. The van der Waals surface area contributed by atoms with E-state index in [0.29, 0.717) is 6.54 Å². The van der Waals surface area contributed by atoms with Crippen molar-refractivity contribution in [2.75, 3.05) is 50.7 Å². The predicted molar refractivity (Wildman–Crippen MR) is 113 cm³/mol. The number of hydrogen-bond donors (Lipinski definition) is 0. The van der Waals surface area contributed by atoms with Gasteiger partial charge in [-0.3, -0.25) is 9.69 Å². The lowest BCUT2D eigenvalue weighted by molar-refractivity contribution is -0.131. The molecule has 5 heterocycles. The van der Waals surface area contributed by atoms with E-state index in [4.69, 9.17) is 5.10 Å². The highest BCUT2D eigenvalue weighted by Crippen LogP contribution is 2.22. The average Bonchev–Trinajstić information content (AvgIpc) is 3.48. The van der Waals surface area contributed by atoms with Crippen LogP contribution in [0.2, 0.25) is 0 Å². The fraction of sp³-hybridized carbons (Fsp3) is 0.500. The third kappa shape index (κ3) is 3.84. The summed E-state index contributed by atoms with van der Waals surface area (Å²) in [5.74, 6) is 1.98. The molecule has 8 nitrogen and oxygen atoms in total. The molecular formula is C20H25N7OS. The number of carbonyl (C=O) groups excluding carboxylic acids is 1. The molecule has 2 saturated heterocycles. The average molecular weight is 412 g/mol. The molecule has 0 bridgehead atoms. The van der Waals surface area contributed by atoms with Crippen LogP contribution >= 0.6 is 11.3 Å². The number of hydrogen-bond acceptors (Lipinski definition) is 7. The molecule has 2 aliphatic heterocycles. The monoisotopic (exact) mass is 411 g/mol. The van der Waals surface area contributed by atoms with Gasteiger partial charge in [-0.25, -0.2) is 0 Å². The van der Waals surface area contributed by atoms with E-state index in [9.17, 15) is 4.79 Å². The second-order valence-electron chi connectivity index (χ2n) is 7.70. The van der Waals surface area contributed by atoms with E-state index in [1.54, 1.807) is 11.3 Å². The van der Waals surface area contributed by atoms with Crippen molar-refractivity contribution in [2.45, 2.75) is 19.3 Å². The maximum absolute atomic E-state index is 12.5. The first-order valence-electron chi connectivity index (χ1n) is 10.3. The number of amides is 1. The Morgan fingerprint density at radius 1 is 0.966 bits per heavy atom. The summed E-state index contributed by atoms with van der Waals surface area (Å²) in [5, 5.41) is 17.5. The standard InChI is InChI=1S/C20H25N7OS/c28-19(26-8-1-2-9-26)14-24-7-3-10-25(12-11-24)18-5-4-17-21-22-20(27(17)23-18)16-6-13-29-15-16/h4-6,13,15H,1-3,7-12,14H2. The van der Waals surface area contributed by atoms with Crippen LogP contribution in [0.3, 0.4) is 0 Å². The van der Waals surface area contributed by atoms with Gasteiger partial charge in [0.15, 0.2) is 11.5 Å². The van der Waals surface area contributed by atoms with Crippen LogP contribution in [-0.2, 0) is 4.79 Å². The molecular weight excluding hydrogens is 386 g/mol. The third-order valence-electron chi connectivity index (χ3n) is 5.76. The molecule has 0 aliphatic carbocycles. The molecule has 3 aromatic heterocycles. The number of carbonyl (C=O) groups is 1. The number of nitrogens with zero attached hydrogens (tertiary/aromatic N) is 7. The maximum Gasteiger partial charge on any atom is 0.236 e. The zero-order valence-corrected chi connectivity index (χ0v) is 17.2. The highest BCUT2D eigenvalue weighted by Gasteiger charge is 2.23. The molecule has 9 heteroatoms. The van der Waals surface area contributed by atoms with E-state index < -0.39 is 0 Å². The summed E-state index contributed by atoms with van der Waals surface area (Å²) in [6.45, 7) is 6.00. The third-order valence-corrected chi connectivity index (χ3v) is 6.44. The molecule has 0 atom stereocenters. The molecule has 3 aromatic rings. The van der Waals surface area contributed by atoms with Gasteiger partial charge < -0.3 is 9.80 Å². The molecule has 0 radical (unpaired) electrons. The summed E-state index contributed by atoms with van der Waals surface area (Å²) in [6, 6.07) is 6.04. The summed E-state index contributed by atoms with van der Waals surface area (Å²) in [6.07, 6.45) is 3.31. The van der Waals surface area contributed by atoms with Crippen molar-refractivity contribution in [2.24, 2.45) is 0 Å². The summed E-state index contributed by atoms with van der Waals surface area (Å²) in [5.41, 5.74) is 1.79. The van der Waals surface area contributed by atoms with Crippen LogP contribution in [0, 0.1) is 0 Å². The first-order valence-corrected chi connectivity index (χ1v) is 11.2. The van der Waals surface area contributed by atoms with Crippen LogP contribution in [0.25, 0.3) is 17.0 Å². The van der Waals surface area contributed by atoms with Gasteiger partial charge in [-0.15, -0.1) is 15.3 Å². The summed E-state index contributed by atoms with van der Waals surface area (Å²) >= 11 is 1.64. The highest BCUT2D eigenvalue weighted by molar-refractivity contribution is 7.08. The van der Waals surface area contributed by atoms with Crippen LogP contribution in [0.15, 0.2) is 29.0 Å². The number of fused-ring (bicyclic) bond motifs is 1. The van der Waals surface area contributed by atoms with Crippen molar-refractivity contribution in [3.8, 4) is 11.4 Å². The second kappa shape index (κ2) is 8.08. The summed E-state index contributed by atoms with van der Waals surface area (Å²) in [4.78, 5) is 19.1. The number of likely N-dealkylation sites (tertiary alicyclic amines) is 1. The number of rotatable bonds is 4. The zero-order valence-electron chi connectivity index (χ0n) is 16.4. The van der Waals surface area contributed by atoms with Crippen molar-refractivity contribution >= 4 is 28.7 Å². The van der Waals surface area contributed by atoms with Crippen molar-refractivity contribution in [3.63, 3.8) is 0 Å². The van der Waals surface area contributed by atoms with Crippen molar-refractivity contribution in [1.82, 2.24) is 29.6 Å². The van der Waals surface area contributed by atoms with Crippen LogP contribution in [0.1, 0.15) is 19.3 Å². The maximum atomic E-state index is 12.5. The van der Waals surface area contributed by atoms with Gasteiger partial charge in [0.25, 0.3) is 0 Å². The Morgan fingerprint density at radius 2 is 1.86 bits per heavy atom. The first-order chi connectivity index (χ1) is 14.3. The lowest BCUT2D eigenvalue weighted by Crippen LogP contribution is -2.40. The van der Waals surface area contributed by atoms with E-state index in [1.165, 1.54) is 0 Å². The molecule has 5 rings (SSSR count). The zero-order chi connectivity index (χ0) is 19.6. The van der Waals surface area contributed by atoms with Gasteiger partial charge in [0, 0.05) is 50.2 Å². The van der Waals surface area contributed by atoms with Crippen LogP contribution in [0.5, 0.6) is 0 Å². The first kappa shape index (κ1) is 18.5. The summed E-state index contributed by atoms with van der Waals surface area (Å²) in [7, 11) is 0. The van der Waals surface area contributed by atoms with Crippen LogP contribution in [0.4, 0.5) is 5.82 Å². The Balaban J connectivity index is 1.29. The Bertz CT molecular complexity index is 980. The second-order valence-corrected chi connectivity index (χ2v) is 8.48.